The molecule has 184 valence electrons. The molecule has 36 heavy (non-hydrogen) atoms. The quantitative estimate of drug-likeness (QED) is 0.427. The van der Waals surface area contributed by atoms with Gasteiger partial charge in [-0.05, 0) is 53.5 Å². The Morgan fingerprint density at radius 3 is 2.44 bits per heavy atom. The monoisotopic (exact) mass is 487 g/mol. The molecule has 1 atom stereocenters. The van der Waals surface area contributed by atoms with Crippen LogP contribution in [0, 0.1) is 5.82 Å². The van der Waals surface area contributed by atoms with Gasteiger partial charge < -0.3 is 19.5 Å². The second-order valence-electron chi connectivity index (χ2n) is 8.27. The summed E-state index contributed by atoms with van der Waals surface area (Å²) in [6.45, 7) is 0.179. The summed E-state index contributed by atoms with van der Waals surface area (Å²) in [4.78, 5) is 27.7. The zero-order valence-electron chi connectivity index (χ0n) is 20.0. The highest BCUT2D eigenvalue weighted by molar-refractivity contribution is 6.14. The molecule has 0 saturated carbocycles. The molecule has 0 radical (unpaired) electrons. The molecule has 0 spiro atoms. The Kier molecular flexibility index (Phi) is 7.49. The van der Waals surface area contributed by atoms with E-state index in [9.17, 15) is 19.1 Å². The highest BCUT2D eigenvalue weighted by Crippen LogP contribution is 2.38. The highest BCUT2D eigenvalue weighted by atomic mass is 19.1. The maximum atomic E-state index is 14.1. The standard InChI is InChI=1S/C29H26FNO5/c1-35-24-14-12-20(17-25(24)36-2)15-16-31-27(21-9-6-10-22(30)18-21)26(28(33)29(31)34)23(32)13-11-19-7-4-3-5-8-19/h3-14,17-18,27,33H,15-16H2,1-2H3/b13-11+/t27-/m1/s1. The van der Waals surface area contributed by atoms with Gasteiger partial charge in [0.1, 0.15) is 5.82 Å². The van der Waals surface area contributed by atoms with Crippen LogP contribution in [-0.2, 0) is 16.0 Å². The van der Waals surface area contributed by atoms with Crippen LogP contribution in [0.2, 0.25) is 0 Å². The van der Waals surface area contributed by atoms with Crippen molar-refractivity contribution in [3.63, 3.8) is 0 Å². The molecule has 1 aliphatic rings. The average molecular weight is 488 g/mol. The molecule has 0 unspecified atom stereocenters. The Morgan fingerprint density at radius 2 is 1.75 bits per heavy atom. The van der Waals surface area contributed by atoms with Crippen LogP contribution in [0.3, 0.4) is 0 Å². The molecular formula is C29H26FNO5. The topological polar surface area (TPSA) is 76.1 Å². The number of ketones is 1. The van der Waals surface area contributed by atoms with Crippen molar-refractivity contribution in [3.8, 4) is 11.5 Å². The first-order chi connectivity index (χ1) is 17.4. The molecule has 0 saturated heterocycles. The van der Waals surface area contributed by atoms with Crippen molar-refractivity contribution in [2.45, 2.75) is 12.5 Å². The smallest absolute Gasteiger partial charge is 0.290 e. The van der Waals surface area contributed by atoms with Crippen molar-refractivity contribution in [3.05, 3.63) is 113 Å². The number of carbonyl (C=O) groups excluding carboxylic acids is 2. The fraction of sp³-hybridized carbons (Fsp3) is 0.172. The lowest BCUT2D eigenvalue weighted by Crippen LogP contribution is -2.33. The fourth-order valence-corrected chi connectivity index (χ4v) is 4.27. The Bertz CT molecular complexity index is 1330. The van der Waals surface area contributed by atoms with Gasteiger partial charge in [-0.1, -0.05) is 54.6 Å². The predicted molar refractivity (Wildman–Crippen MR) is 134 cm³/mol. The van der Waals surface area contributed by atoms with Crippen LogP contribution in [0.1, 0.15) is 22.7 Å². The Labute approximate surface area is 208 Å². The first-order valence-corrected chi connectivity index (χ1v) is 11.4. The lowest BCUT2D eigenvalue weighted by molar-refractivity contribution is -0.129. The highest BCUT2D eigenvalue weighted by Gasteiger charge is 2.42. The molecular weight excluding hydrogens is 461 g/mol. The van der Waals surface area contributed by atoms with E-state index in [2.05, 4.69) is 0 Å². The van der Waals surface area contributed by atoms with E-state index in [0.29, 0.717) is 23.5 Å². The van der Waals surface area contributed by atoms with Crippen molar-refractivity contribution < 1.29 is 28.6 Å². The third-order valence-electron chi connectivity index (χ3n) is 6.05. The maximum Gasteiger partial charge on any atom is 0.290 e. The summed E-state index contributed by atoms with van der Waals surface area (Å²) in [6, 6.07) is 19.4. The van der Waals surface area contributed by atoms with Crippen LogP contribution >= 0.6 is 0 Å². The summed E-state index contributed by atoms with van der Waals surface area (Å²) < 4.78 is 24.8. The molecule has 6 nitrogen and oxygen atoms in total. The van der Waals surface area contributed by atoms with Gasteiger partial charge >= 0.3 is 0 Å². The third-order valence-corrected chi connectivity index (χ3v) is 6.05. The molecule has 3 aromatic carbocycles. The summed E-state index contributed by atoms with van der Waals surface area (Å²) in [5, 5.41) is 10.7. The first kappa shape index (κ1) is 24.7. The van der Waals surface area contributed by atoms with E-state index in [-0.39, 0.29) is 12.1 Å². The van der Waals surface area contributed by atoms with E-state index in [1.54, 1.807) is 31.4 Å². The van der Waals surface area contributed by atoms with Gasteiger partial charge in [0.2, 0.25) is 0 Å². The number of ether oxygens (including phenoxy) is 2. The number of amides is 1. The molecule has 1 N–H and O–H groups in total. The minimum Gasteiger partial charge on any atom is -0.503 e. The summed E-state index contributed by atoms with van der Waals surface area (Å²) in [7, 11) is 3.08. The molecule has 4 rings (SSSR count). The van der Waals surface area contributed by atoms with Gasteiger partial charge in [0.25, 0.3) is 5.91 Å². The van der Waals surface area contributed by atoms with Crippen molar-refractivity contribution in [2.24, 2.45) is 0 Å². The number of hydrogen-bond donors (Lipinski definition) is 1. The minimum atomic E-state index is -0.929. The molecule has 0 aliphatic carbocycles. The van der Waals surface area contributed by atoms with Gasteiger partial charge in [0.05, 0.1) is 25.8 Å². The van der Waals surface area contributed by atoms with Crippen molar-refractivity contribution in [1.29, 1.82) is 0 Å². The van der Waals surface area contributed by atoms with E-state index in [1.165, 1.54) is 36.3 Å². The molecule has 1 aliphatic heterocycles. The number of allylic oxidation sites excluding steroid dienone is 1. The van der Waals surface area contributed by atoms with Crippen LogP contribution in [-0.4, -0.2) is 42.5 Å². The second kappa shape index (κ2) is 10.9. The van der Waals surface area contributed by atoms with E-state index < -0.39 is 29.3 Å². The van der Waals surface area contributed by atoms with Crippen molar-refractivity contribution in [2.75, 3.05) is 20.8 Å². The number of benzene rings is 3. The zero-order chi connectivity index (χ0) is 25.7. The van der Waals surface area contributed by atoms with E-state index in [1.807, 2.05) is 36.4 Å². The van der Waals surface area contributed by atoms with Crippen LogP contribution in [0.15, 0.2) is 90.2 Å². The molecule has 1 amide bonds. The number of aliphatic hydroxyl groups excluding tert-OH is 1. The number of halogens is 1. The largest absolute Gasteiger partial charge is 0.503 e. The van der Waals surface area contributed by atoms with Gasteiger partial charge in [-0.25, -0.2) is 4.39 Å². The van der Waals surface area contributed by atoms with Crippen molar-refractivity contribution in [1.82, 2.24) is 4.90 Å². The third kappa shape index (κ3) is 5.15. The number of carbonyl (C=O) groups is 2. The maximum absolute atomic E-state index is 14.1. The van der Waals surface area contributed by atoms with Gasteiger partial charge in [-0.2, -0.15) is 0 Å². The Hall–Kier alpha value is -4.39. The summed E-state index contributed by atoms with van der Waals surface area (Å²) in [5.74, 6) is -1.20. The van der Waals surface area contributed by atoms with Gasteiger partial charge in [0.15, 0.2) is 23.0 Å². The number of aliphatic hydroxyl groups is 1. The SMILES string of the molecule is COc1ccc(CCN2C(=O)C(O)=C(C(=O)/C=C/c3ccccc3)[C@H]2c2cccc(F)c2)cc1OC. The molecule has 7 heteroatoms. The van der Waals surface area contributed by atoms with E-state index >= 15 is 0 Å². The van der Waals surface area contributed by atoms with Gasteiger partial charge in [0, 0.05) is 6.54 Å². The average Bonchev–Trinajstić information content (AvgIpc) is 3.16. The Balaban J connectivity index is 1.65. The lowest BCUT2D eigenvalue weighted by Gasteiger charge is -2.27. The molecule has 1 heterocycles. The number of hydrogen-bond acceptors (Lipinski definition) is 5. The van der Waals surface area contributed by atoms with Crippen LogP contribution in [0.25, 0.3) is 6.08 Å². The Morgan fingerprint density at radius 1 is 1.00 bits per heavy atom. The summed E-state index contributed by atoms with van der Waals surface area (Å²) in [6.07, 6.45) is 3.34. The fourth-order valence-electron chi connectivity index (χ4n) is 4.27. The van der Waals surface area contributed by atoms with Crippen LogP contribution in [0.5, 0.6) is 11.5 Å². The number of rotatable bonds is 9. The molecule has 0 fully saturated rings. The van der Waals surface area contributed by atoms with Gasteiger partial charge in [-0.15, -0.1) is 0 Å². The number of methoxy groups -OCH3 is 2. The lowest BCUT2D eigenvalue weighted by atomic mass is 9.95. The zero-order valence-corrected chi connectivity index (χ0v) is 20.0. The van der Waals surface area contributed by atoms with Crippen LogP contribution < -0.4 is 9.47 Å². The van der Waals surface area contributed by atoms with Crippen LogP contribution in [0.4, 0.5) is 4.39 Å². The molecule has 0 bridgehead atoms. The van der Waals surface area contributed by atoms with Crippen molar-refractivity contribution >= 4 is 17.8 Å². The second-order valence-corrected chi connectivity index (χ2v) is 8.27. The molecule has 3 aromatic rings. The predicted octanol–water partition coefficient (Wildman–Crippen LogP) is 5.06. The van der Waals surface area contributed by atoms with E-state index in [0.717, 1.165) is 11.1 Å². The van der Waals surface area contributed by atoms with Gasteiger partial charge in [-0.3, -0.25) is 9.59 Å². The number of nitrogens with zero attached hydrogens (tertiary/aromatic N) is 1. The first-order valence-electron chi connectivity index (χ1n) is 11.4. The summed E-state index contributed by atoms with van der Waals surface area (Å²) in [5.41, 5.74) is 1.98. The minimum absolute atomic E-state index is 0.0786. The van der Waals surface area contributed by atoms with E-state index in [4.69, 9.17) is 9.47 Å². The molecule has 0 aromatic heterocycles. The summed E-state index contributed by atoms with van der Waals surface area (Å²) >= 11 is 0. The normalized spacial score (nSPS) is 15.6.